The molecular formula is C23H25ClFN3O3. The van der Waals surface area contributed by atoms with Gasteiger partial charge in [-0.05, 0) is 76.9 Å². The van der Waals surface area contributed by atoms with Gasteiger partial charge in [0.15, 0.2) is 0 Å². The average Bonchev–Trinajstić information content (AvgIpc) is 2.65. The molecule has 0 aliphatic carbocycles. The highest BCUT2D eigenvalue weighted by molar-refractivity contribution is 6.35. The summed E-state index contributed by atoms with van der Waals surface area (Å²) in [5.41, 5.74) is 0.781. The minimum absolute atomic E-state index is 0.249. The first-order valence-electron chi connectivity index (χ1n) is 9.87. The van der Waals surface area contributed by atoms with Gasteiger partial charge in [-0.1, -0.05) is 17.7 Å². The Morgan fingerprint density at radius 3 is 2.52 bits per heavy atom. The van der Waals surface area contributed by atoms with Crippen molar-refractivity contribution in [2.45, 2.75) is 53.2 Å². The Morgan fingerprint density at radius 1 is 1.19 bits per heavy atom. The maximum absolute atomic E-state index is 14.1. The van der Waals surface area contributed by atoms with E-state index >= 15 is 0 Å². The quantitative estimate of drug-likeness (QED) is 0.587. The number of carbonyl (C=O) groups is 1. The van der Waals surface area contributed by atoms with Crippen molar-refractivity contribution in [1.82, 2.24) is 14.9 Å². The summed E-state index contributed by atoms with van der Waals surface area (Å²) in [4.78, 5) is 30.5. The monoisotopic (exact) mass is 445 g/mol. The van der Waals surface area contributed by atoms with Gasteiger partial charge in [0, 0.05) is 0 Å². The average molecular weight is 446 g/mol. The Balaban J connectivity index is 2.26. The van der Waals surface area contributed by atoms with Gasteiger partial charge >= 0.3 is 6.09 Å². The van der Waals surface area contributed by atoms with Crippen LogP contribution in [0.15, 0.2) is 35.1 Å². The third-order valence-corrected chi connectivity index (χ3v) is 5.24. The number of fused-ring (bicyclic) bond motifs is 1. The Kier molecular flexibility index (Phi) is 6.09. The molecule has 0 bridgehead atoms. The first-order valence-corrected chi connectivity index (χ1v) is 10.2. The molecule has 0 saturated carbocycles. The highest BCUT2D eigenvalue weighted by Gasteiger charge is 2.24. The number of rotatable bonds is 3. The normalized spacial score (nSPS) is 12.6. The van der Waals surface area contributed by atoms with Crippen molar-refractivity contribution in [3.05, 3.63) is 68.5 Å². The van der Waals surface area contributed by atoms with Crippen LogP contribution in [-0.4, -0.2) is 21.2 Å². The topological polar surface area (TPSA) is 73.2 Å². The molecule has 1 heterocycles. The van der Waals surface area contributed by atoms with Crippen LogP contribution in [-0.2, 0) is 4.74 Å². The van der Waals surface area contributed by atoms with Gasteiger partial charge < -0.3 is 10.1 Å². The van der Waals surface area contributed by atoms with Crippen LogP contribution in [0.3, 0.4) is 0 Å². The molecule has 0 aliphatic heterocycles. The van der Waals surface area contributed by atoms with Crippen LogP contribution in [0, 0.1) is 19.7 Å². The van der Waals surface area contributed by atoms with Crippen molar-refractivity contribution in [1.29, 1.82) is 0 Å². The molecule has 3 aromatic rings. The summed E-state index contributed by atoms with van der Waals surface area (Å²) in [6.07, 6.45) is -0.640. The van der Waals surface area contributed by atoms with Gasteiger partial charge in [-0.3, -0.25) is 9.36 Å². The lowest BCUT2D eigenvalue weighted by Gasteiger charge is -2.24. The molecule has 1 amide bonds. The van der Waals surface area contributed by atoms with Crippen molar-refractivity contribution >= 4 is 28.6 Å². The Bertz CT molecular complexity index is 1230. The van der Waals surface area contributed by atoms with E-state index in [4.69, 9.17) is 16.3 Å². The van der Waals surface area contributed by atoms with Crippen LogP contribution in [0.5, 0.6) is 0 Å². The Morgan fingerprint density at radius 2 is 1.87 bits per heavy atom. The fourth-order valence-electron chi connectivity index (χ4n) is 3.29. The van der Waals surface area contributed by atoms with Crippen LogP contribution >= 0.6 is 11.6 Å². The number of halogens is 2. The van der Waals surface area contributed by atoms with Gasteiger partial charge in [0.1, 0.15) is 17.2 Å². The lowest BCUT2D eigenvalue weighted by Crippen LogP contribution is -2.37. The van der Waals surface area contributed by atoms with E-state index in [0.717, 1.165) is 0 Å². The largest absolute Gasteiger partial charge is 0.444 e. The third-order valence-electron chi connectivity index (χ3n) is 4.93. The molecule has 3 rings (SSSR count). The van der Waals surface area contributed by atoms with Gasteiger partial charge in [-0.2, -0.15) is 0 Å². The van der Waals surface area contributed by atoms with E-state index in [1.807, 2.05) is 0 Å². The fraction of sp³-hybridized carbons (Fsp3) is 0.348. The number of benzene rings is 2. The number of aromatic nitrogens is 2. The molecule has 2 aromatic carbocycles. The van der Waals surface area contributed by atoms with E-state index in [9.17, 15) is 14.0 Å². The summed E-state index contributed by atoms with van der Waals surface area (Å²) in [6.45, 7) is 10.3. The molecule has 1 atom stereocenters. The summed E-state index contributed by atoms with van der Waals surface area (Å²) in [5.74, 6) is -0.0951. The van der Waals surface area contributed by atoms with Crippen LogP contribution < -0.4 is 10.9 Å². The van der Waals surface area contributed by atoms with Crippen molar-refractivity contribution in [2.24, 2.45) is 0 Å². The van der Waals surface area contributed by atoms with E-state index in [1.54, 1.807) is 59.7 Å². The summed E-state index contributed by atoms with van der Waals surface area (Å²) in [7, 11) is 0. The first-order chi connectivity index (χ1) is 14.4. The lowest BCUT2D eigenvalue weighted by molar-refractivity contribution is 0.0505. The third kappa shape index (κ3) is 4.56. The Hall–Kier alpha value is -2.93. The number of alkyl carbamates (subject to hydrolysis) is 1. The molecule has 8 heteroatoms. The Labute approximate surface area is 185 Å². The van der Waals surface area contributed by atoms with Crippen LogP contribution in [0.4, 0.5) is 9.18 Å². The zero-order chi connectivity index (χ0) is 23.1. The van der Waals surface area contributed by atoms with Crippen LogP contribution in [0.1, 0.15) is 50.7 Å². The van der Waals surface area contributed by atoms with Crippen molar-refractivity contribution in [3.8, 4) is 5.69 Å². The number of nitrogens with one attached hydrogen (secondary N) is 1. The number of hydrogen-bond donors (Lipinski definition) is 1. The van der Waals surface area contributed by atoms with E-state index in [-0.39, 0.29) is 22.1 Å². The molecule has 0 radical (unpaired) electrons. The smallest absolute Gasteiger partial charge is 0.408 e. The lowest BCUT2D eigenvalue weighted by atomic mass is 10.1. The standard InChI is InChI=1S/C23H25ClFN3O3/c1-12-13(2)18(11-10-16(12)25)28-20(14(3)26-22(30)31-23(4,5)6)27-17-9-7-8-15(24)19(17)21(28)29/h7-11,14H,1-6H3,(H,26,30)/t14-/m0/s1. The molecule has 0 aliphatic rings. The predicted molar refractivity (Wildman–Crippen MR) is 120 cm³/mol. The van der Waals surface area contributed by atoms with Gasteiger partial charge in [0.05, 0.1) is 27.7 Å². The van der Waals surface area contributed by atoms with Gasteiger partial charge in [0.25, 0.3) is 5.56 Å². The second kappa shape index (κ2) is 8.30. The molecule has 164 valence electrons. The van der Waals surface area contributed by atoms with E-state index in [1.165, 1.54) is 16.7 Å². The zero-order valence-corrected chi connectivity index (χ0v) is 19.1. The second-order valence-electron chi connectivity index (χ2n) is 8.43. The minimum Gasteiger partial charge on any atom is -0.444 e. The van der Waals surface area contributed by atoms with Gasteiger partial charge in [0.2, 0.25) is 0 Å². The second-order valence-corrected chi connectivity index (χ2v) is 8.84. The minimum atomic E-state index is -0.685. The molecule has 0 fully saturated rings. The van der Waals surface area contributed by atoms with Crippen LogP contribution in [0.2, 0.25) is 5.02 Å². The maximum Gasteiger partial charge on any atom is 0.408 e. The van der Waals surface area contributed by atoms with E-state index < -0.39 is 23.3 Å². The molecular weight excluding hydrogens is 421 g/mol. The summed E-state index contributed by atoms with van der Waals surface area (Å²) >= 11 is 6.30. The zero-order valence-electron chi connectivity index (χ0n) is 18.3. The number of hydrogen-bond acceptors (Lipinski definition) is 4. The van der Waals surface area contributed by atoms with E-state index in [0.29, 0.717) is 22.3 Å². The molecule has 1 aromatic heterocycles. The molecule has 0 spiro atoms. The maximum atomic E-state index is 14.1. The fourth-order valence-corrected chi connectivity index (χ4v) is 3.55. The predicted octanol–water partition coefficient (Wildman–Crippen LogP) is 5.38. The first kappa shape index (κ1) is 22.7. The molecule has 6 nitrogen and oxygen atoms in total. The molecule has 0 saturated heterocycles. The summed E-state index contributed by atoms with van der Waals surface area (Å²) < 4.78 is 20.8. The molecule has 1 N–H and O–H groups in total. The summed E-state index contributed by atoms with van der Waals surface area (Å²) in [5, 5.41) is 3.24. The summed E-state index contributed by atoms with van der Waals surface area (Å²) in [6, 6.07) is 7.13. The highest BCUT2D eigenvalue weighted by Crippen LogP contribution is 2.26. The molecule has 31 heavy (non-hydrogen) atoms. The number of carbonyl (C=O) groups excluding carboxylic acids is 1. The van der Waals surface area contributed by atoms with Gasteiger partial charge in [-0.15, -0.1) is 0 Å². The number of amides is 1. The highest BCUT2D eigenvalue weighted by atomic mass is 35.5. The SMILES string of the molecule is Cc1c(F)ccc(-n2c([C@H](C)NC(=O)OC(C)(C)C)nc3cccc(Cl)c3c2=O)c1C. The molecule has 0 unspecified atom stereocenters. The van der Waals surface area contributed by atoms with Gasteiger partial charge in [-0.25, -0.2) is 14.2 Å². The number of ether oxygens (including phenoxy) is 1. The number of nitrogens with zero attached hydrogens (tertiary/aromatic N) is 2. The van der Waals surface area contributed by atoms with Crippen molar-refractivity contribution in [3.63, 3.8) is 0 Å². The van der Waals surface area contributed by atoms with Crippen molar-refractivity contribution in [2.75, 3.05) is 0 Å². The van der Waals surface area contributed by atoms with Crippen LogP contribution in [0.25, 0.3) is 16.6 Å². The van der Waals surface area contributed by atoms with Crippen molar-refractivity contribution < 1.29 is 13.9 Å². The van der Waals surface area contributed by atoms with E-state index in [2.05, 4.69) is 10.3 Å².